The molecule has 1 aromatic rings. The number of carbonyl (C=O) groups excluding carboxylic acids is 1. The Morgan fingerprint density at radius 2 is 2.17 bits per heavy atom. The molecule has 0 bridgehead atoms. The lowest BCUT2D eigenvalue weighted by atomic mass is 10.1. The SMILES string of the molecule is Cc1cc(F)ccc1CCNCC(=O)OC(C)C. The summed E-state index contributed by atoms with van der Waals surface area (Å²) < 4.78 is 17.9. The third-order valence-corrected chi connectivity index (χ3v) is 2.51. The summed E-state index contributed by atoms with van der Waals surface area (Å²) in [6, 6.07) is 4.75. The second-order valence-electron chi connectivity index (χ2n) is 4.54. The molecule has 100 valence electrons. The average molecular weight is 253 g/mol. The van der Waals surface area contributed by atoms with Crippen LogP contribution in [0.5, 0.6) is 0 Å². The minimum Gasteiger partial charge on any atom is -0.462 e. The third kappa shape index (κ3) is 5.27. The second kappa shape index (κ2) is 7.11. The van der Waals surface area contributed by atoms with Crippen LogP contribution < -0.4 is 5.32 Å². The molecule has 0 aliphatic rings. The average Bonchev–Trinajstić information content (AvgIpc) is 2.25. The number of aryl methyl sites for hydroxylation is 1. The number of halogens is 1. The van der Waals surface area contributed by atoms with Crippen molar-refractivity contribution in [1.82, 2.24) is 5.32 Å². The van der Waals surface area contributed by atoms with Crippen molar-refractivity contribution in [2.24, 2.45) is 0 Å². The van der Waals surface area contributed by atoms with Gasteiger partial charge in [-0.1, -0.05) is 6.07 Å². The fourth-order valence-electron chi connectivity index (χ4n) is 1.66. The lowest BCUT2D eigenvalue weighted by Gasteiger charge is -2.09. The number of carbonyl (C=O) groups is 1. The van der Waals surface area contributed by atoms with E-state index in [0.717, 1.165) is 17.5 Å². The highest BCUT2D eigenvalue weighted by Crippen LogP contribution is 2.10. The van der Waals surface area contributed by atoms with Gasteiger partial charge in [0.25, 0.3) is 0 Å². The van der Waals surface area contributed by atoms with E-state index in [9.17, 15) is 9.18 Å². The minimum atomic E-state index is -0.249. The Hall–Kier alpha value is -1.42. The molecule has 0 unspecified atom stereocenters. The Kier molecular flexibility index (Phi) is 5.78. The van der Waals surface area contributed by atoms with E-state index in [4.69, 9.17) is 4.74 Å². The van der Waals surface area contributed by atoms with Crippen molar-refractivity contribution in [2.75, 3.05) is 13.1 Å². The van der Waals surface area contributed by atoms with Gasteiger partial charge in [0, 0.05) is 0 Å². The number of esters is 1. The van der Waals surface area contributed by atoms with Gasteiger partial charge in [0.15, 0.2) is 0 Å². The maximum absolute atomic E-state index is 12.9. The van der Waals surface area contributed by atoms with E-state index in [-0.39, 0.29) is 24.4 Å². The molecule has 0 fully saturated rings. The largest absolute Gasteiger partial charge is 0.462 e. The Bertz CT molecular complexity index is 405. The maximum Gasteiger partial charge on any atom is 0.320 e. The molecule has 0 radical (unpaired) electrons. The first-order valence-electron chi connectivity index (χ1n) is 6.14. The zero-order valence-corrected chi connectivity index (χ0v) is 11.1. The van der Waals surface area contributed by atoms with Gasteiger partial charge in [-0.15, -0.1) is 0 Å². The Balaban J connectivity index is 2.27. The van der Waals surface area contributed by atoms with Crippen molar-refractivity contribution in [1.29, 1.82) is 0 Å². The smallest absolute Gasteiger partial charge is 0.320 e. The normalized spacial score (nSPS) is 10.7. The first-order valence-corrected chi connectivity index (χ1v) is 6.14. The molecule has 0 aromatic heterocycles. The second-order valence-corrected chi connectivity index (χ2v) is 4.54. The summed E-state index contributed by atoms with van der Waals surface area (Å²) in [5.41, 5.74) is 2.02. The monoisotopic (exact) mass is 253 g/mol. The van der Waals surface area contributed by atoms with Gasteiger partial charge < -0.3 is 10.1 Å². The summed E-state index contributed by atoms with van der Waals surface area (Å²) in [5.74, 6) is -0.467. The van der Waals surface area contributed by atoms with E-state index < -0.39 is 0 Å². The van der Waals surface area contributed by atoms with Crippen molar-refractivity contribution < 1.29 is 13.9 Å². The Morgan fingerprint density at radius 3 is 2.78 bits per heavy atom. The summed E-state index contributed by atoms with van der Waals surface area (Å²) in [4.78, 5) is 11.2. The molecule has 0 amide bonds. The summed E-state index contributed by atoms with van der Waals surface area (Å²) in [5, 5.41) is 3.01. The first kappa shape index (κ1) is 14.6. The van der Waals surface area contributed by atoms with E-state index in [1.807, 2.05) is 20.8 Å². The van der Waals surface area contributed by atoms with Gasteiger partial charge in [0.05, 0.1) is 12.6 Å². The molecule has 0 spiro atoms. The number of hydrogen-bond donors (Lipinski definition) is 1. The first-order chi connectivity index (χ1) is 8.49. The Labute approximate surface area is 107 Å². The van der Waals surface area contributed by atoms with Crippen LogP contribution >= 0.6 is 0 Å². The van der Waals surface area contributed by atoms with E-state index in [2.05, 4.69) is 5.32 Å². The van der Waals surface area contributed by atoms with Crippen LogP contribution in [-0.2, 0) is 16.0 Å². The highest BCUT2D eigenvalue weighted by molar-refractivity contribution is 5.71. The van der Waals surface area contributed by atoms with Crippen LogP contribution in [-0.4, -0.2) is 25.2 Å². The zero-order chi connectivity index (χ0) is 13.5. The molecule has 3 nitrogen and oxygen atoms in total. The van der Waals surface area contributed by atoms with Gasteiger partial charge in [-0.05, 0) is 57.0 Å². The van der Waals surface area contributed by atoms with Crippen molar-refractivity contribution >= 4 is 5.97 Å². The topological polar surface area (TPSA) is 38.3 Å². The Morgan fingerprint density at radius 1 is 1.44 bits per heavy atom. The molecular weight excluding hydrogens is 233 g/mol. The van der Waals surface area contributed by atoms with Crippen LogP contribution in [0.15, 0.2) is 18.2 Å². The van der Waals surface area contributed by atoms with Crippen LogP contribution in [0.3, 0.4) is 0 Å². The molecule has 1 N–H and O–H groups in total. The maximum atomic E-state index is 12.9. The van der Waals surface area contributed by atoms with Gasteiger partial charge in [0.1, 0.15) is 5.82 Å². The van der Waals surface area contributed by atoms with Gasteiger partial charge >= 0.3 is 5.97 Å². The van der Waals surface area contributed by atoms with Crippen LogP contribution in [0.1, 0.15) is 25.0 Å². The number of nitrogens with one attached hydrogen (secondary N) is 1. The predicted molar refractivity (Wildman–Crippen MR) is 68.9 cm³/mol. The highest BCUT2D eigenvalue weighted by atomic mass is 19.1. The fraction of sp³-hybridized carbons (Fsp3) is 0.500. The molecule has 0 saturated heterocycles. The molecule has 0 atom stereocenters. The standard InChI is InChI=1S/C14H20FNO2/c1-10(2)18-14(17)9-16-7-6-12-4-5-13(15)8-11(12)3/h4-5,8,10,16H,6-7,9H2,1-3H3. The molecule has 18 heavy (non-hydrogen) atoms. The lowest BCUT2D eigenvalue weighted by Crippen LogP contribution is -2.28. The summed E-state index contributed by atoms with van der Waals surface area (Å²) >= 11 is 0. The minimum absolute atomic E-state index is 0.0846. The van der Waals surface area contributed by atoms with Crippen molar-refractivity contribution in [3.8, 4) is 0 Å². The summed E-state index contributed by atoms with van der Waals surface area (Å²) in [7, 11) is 0. The molecular formula is C14H20FNO2. The van der Waals surface area contributed by atoms with E-state index in [1.165, 1.54) is 12.1 Å². The van der Waals surface area contributed by atoms with Crippen LogP contribution in [0.4, 0.5) is 4.39 Å². The van der Waals surface area contributed by atoms with E-state index in [0.29, 0.717) is 6.54 Å². The third-order valence-electron chi connectivity index (χ3n) is 2.51. The van der Waals surface area contributed by atoms with Gasteiger partial charge in [-0.25, -0.2) is 4.39 Å². The molecule has 0 saturated carbocycles. The molecule has 0 heterocycles. The van der Waals surface area contributed by atoms with E-state index >= 15 is 0 Å². The number of rotatable bonds is 6. The number of hydrogen-bond acceptors (Lipinski definition) is 3. The lowest BCUT2D eigenvalue weighted by molar-refractivity contribution is -0.146. The van der Waals surface area contributed by atoms with Crippen molar-refractivity contribution in [3.63, 3.8) is 0 Å². The van der Waals surface area contributed by atoms with Crippen molar-refractivity contribution in [3.05, 3.63) is 35.1 Å². The number of benzene rings is 1. The van der Waals surface area contributed by atoms with E-state index in [1.54, 1.807) is 6.07 Å². The summed E-state index contributed by atoms with van der Waals surface area (Å²) in [6.07, 6.45) is 0.680. The fourth-order valence-corrected chi connectivity index (χ4v) is 1.66. The van der Waals surface area contributed by atoms with Crippen molar-refractivity contribution in [2.45, 2.75) is 33.3 Å². The van der Waals surface area contributed by atoms with Gasteiger partial charge in [-0.3, -0.25) is 4.79 Å². The number of ether oxygens (including phenoxy) is 1. The van der Waals surface area contributed by atoms with Crippen LogP contribution in [0, 0.1) is 12.7 Å². The molecule has 1 aromatic carbocycles. The van der Waals surface area contributed by atoms with Crippen LogP contribution in [0.25, 0.3) is 0 Å². The molecule has 0 aliphatic heterocycles. The van der Waals surface area contributed by atoms with Crippen LogP contribution in [0.2, 0.25) is 0 Å². The van der Waals surface area contributed by atoms with Gasteiger partial charge in [-0.2, -0.15) is 0 Å². The zero-order valence-electron chi connectivity index (χ0n) is 11.1. The molecule has 0 aliphatic carbocycles. The quantitative estimate of drug-likeness (QED) is 0.624. The highest BCUT2D eigenvalue weighted by Gasteiger charge is 2.05. The molecule has 4 heteroatoms. The predicted octanol–water partition coefficient (Wildman–Crippen LogP) is 2.22. The molecule has 1 rings (SSSR count). The van der Waals surface area contributed by atoms with Gasteiger partial charge in [0.2, 0.25) is 0 Å². The summed E-state index contributed by atoms with van der Waals surface area (Å²) in [6.45, 7) is 6.39.